The van der Waals surface area contributed by atoms with Crippen LogP contribution in [0.25, 0.3) is 0 Å². The van der Waals surface area contributed by atoms with Gasteiger partial charge in [0, 0.05) is 31.6 Å². The van der Waals surface area contributed by atoms with E-state index in [-0.39, 0.29) is 11.9 Å². The molecule has 7 nitrogen and oxygen atoms in total. The number of carbonyl (C=O) groups excluding carboxylic acids is 1. The predicted octanol–water partition coefficient (Wildman–Crippen LogP) is 2.66. The van der Waals surface area contributed by atoms with Gasteiger partial charge < -0.3 is 18.8 Å². The monoisotopic (exact) mass is 399 g/mol. The fourth-order valence-electron chi connectivity index (χ4n) is 4.12. The summed E-state index contributed by atoms with van der Waals surface area (Å²) in [6.45, 7) is 4.22. The van der Waals surface area contributed by atoms with E-state index in [1.54, 1.807) is 13.3 Å². The average molecular weight is 399 g/mol. The molecule has 2 fully saturated rings. The zero-order valence-electron chi connectivity index (χ0n) is 17.0. The highest BCUT2D eigenvalue weighted by Crippen LogP contribution is 2.31. The van der Waals surface area contributed by atoms with Crippen molar-refractivity contribution in [3.05, 3.63) is 47.7 Å². The molecule has 1 aromatic carbocycles. The van der Waals surface area contributed by atoms with Gasteiger partial charge in [0.25, 0.3) is 0 Å². The standard InChI is InChI=1S/C22H29N3O4/c1-27-20-8-3-2-6-17(20)14-18-15-23-22(29-18)19-7-4-5-9-25(19)21(26)16-24-10-12-28-13-11-24/h2-3,6,8,15,19H,4-5,7,9-14,16H2,1H3/t19-/m1/s1. The van der Waals surface area contributed by atoms with Gasteiger partial charge in [-0.25, -0.2) is 4.98 Å². The number of piperidine rings is 1. The van der Waals surface area contributed by atoms with Gasteiger partial charge in [0.15, 0.2) is 0 Å². The third kappa shape index (κ3) is 4.79. The van der Waals surface area contributed by atoms with Crippen molar-refractivity contribution in [2.75, 3.05) is 46.5 Å². The summed E-state index contributed by atoms with van der Waals surface area (Å²) in [4.78, 5) is 21.6. The minimum Gasteiger partial charge on any atom is -0.496 e. The van der Waals surface area contributed by atoms with Crippen LogP contribution in [-0.4, -0.2) is 67.2 Å². The number of aromatic nitrogens is 1. The minimum atomic E-state index is -0.0799. The van der Waals surface area contributed by atoms with Crippen molar-refractivity contribution in [2.45, 2.75) is 31.7 Å². The van der Waals surface area contributed by atoms with E-state index in [0.29, 0.717) is 32.1 Å². The number of morpholine rings is 1. The number of ether oxygens (including phenoxy) is 2. The molecule has 0 aliphatic carbocycles. The van der Waals surface area contributed by atoms with Crippen molar-refractivity contribution in [3.8, 4) is 5.75 Å². The number of hydrogen-bond acceptors (Lipinski definition) is 6. The summed E-state index contributed by atoms with van der Waals surface area (Å²) in [7, 11) is 1.67. The van der Waals surface area contributed by atoms with Crippen LogP contribution in [0, 0.1) is 0 Å². The Bertz CT molecular complexity index is 816. The number of oxazole rings is 1. The number of carbonyl (C=O) groups is 1. The molecule has 0 N–H and O–H groups in total. The van der Waals surface area contributed by atoms with Gasteiger partial charge >= 0.3 is 0 Å². The Morgan fingerprint density at radius 3 is 2.86 bits per heavy atom. The van der Waals surface area contributed by atoms with Crippen molar-refractivity contribution in [1.82, 2.24) is 14.8 Å². The van der Waals surface area contributed by atoms with Crippen LogP contribution < -0.4 is 4.74 Å². The zero-order valence-corrected chi connectivity index (χ0v) is 17.0. The lowest BCUT2D eigenvalue weighted by atomic mass is 10.0. The fourth-order valence-corrected chi connectivity index (χ4v) is 4.12. The number of amides is 1. The van der Waals surface area contributed by atoms with Crippen LogP contribution in [0.3, 0.4) is 0 Å². The molecule has 0 unspecified atom stereocenters. The first-order valence-corrected chi connectivity index (χ1v) is 10.4. The molecule has 2 aromatic rings. The number of benzene rings is 1. The quantitative estimate of drug-likeness (QED) is 0.744. The molecular weight excluding hydrogens is 370 g/mol. The molecule has 0 radical (unpaired) electrons. The summed E-state index contributed by atoms with van der Waals surface area (Å²) in [5.74, 6) is 2.42. The molecule has 1 aromatic heterocycles. The molecule has 4 rings (SSSR count). The van der Waals surface area contributed by atoms with Crippen molar-refractivity contribution in [3.63, 3.8) is 0 Å². The van der Waals surface area contributed by atoms with Gasteiger partial charge in [-0.1, -0.05) is 18.2 Å². The molecular formula is C22H29N3O4. The van der Waals surface area contributed by atoms with E-state index in [4.69, 9.17) is 13.9 Å². The largest absolute Gasteiger partial charge is 0.496 e. The highest BCUT2D eigenvalue weighted by atomic mass is 16.5. The first kappa shape index (κ1) is 19.9. The lowest BCUT2D eigenvalue weighted by molar-refractivity contribution is -0.137. The number of likely N-dealkylation sites (tertiary alicyclic amines) is 1. The topological polar surface area (TPSA) is 68.0 Å². The molecule has 7 heteroatoms. The van der Waals surface area contributed by atoms with E-state index in [0.717, 1.165) is 56.0 Å². The Kier molecular flexibility index (Phi) is 6.46. The van der Waals surface area contributed by atoms with Gasteiger partial charge in [-0.15, -0.1) is 0 Å². The summed E-state index contributed by atoms with van der Waals surface area (Å²) in [6, 6.07) is 7.83. The molecule has 2 aliphatic heterocycles. The number of rotatable bonds is 6. The minimum absolute atomic E-state index is 0.0799. The summed E-state index contributed by atoms with van der Waals surface area (Å²) in [5, 5.41) is 0. The van der Waals surface area contributed by atoms with E-state index in [1.165, 1.54) is 0 Å². The summed E-state index contributed by atoms with van der Waals surface area (Å²) >= 11 is 0. The maximum absolute atomic E-state index is 13.0. The third-order valence-corrected chi connectivity index (χ3v) is 5.70. The number of para-hydroxylation sites is 1. The van der Waals surface area contributed by atoms with Gasteiger partial charge in [0.1, 0.15) is 17.6 Å². The lowest BCUT2D eigenvalue weighted by Crippen LogP contribution is -2.47. The van der Waals surface area contributed by atoms with Gasteiger partial charge in [0.05, 0.1) is 33.1 Å². The van der Waals surface area contributed by atoms with Crippen molar-refractivity contribution in [1.29, 1.82) is 0 Å². The molecule has 2 saturated heterocycles. The Labute approximate surface area is 171 Å². The van der Waals surface area contributed by atoms with Crippen LogP contribution in [0.5, 0.6) is 5.75 Å². The Balaban J connectivity index is 1.45. The predicted molar refractivity (Wildman–Crippen MR) is 108 cm³/mol. The van der Waals surface area contributed by atoms with E-state index in [1.807, 2.05) is 29.2 Å². The van der Waals surface area contributed by atoms with E-state index >= 15 is 0 Å². The maximum Gasteiger partial charge on any atom is 0.237 e. The molecule has 0 bridgehead atoms. The summed E-state index contributed by atoms with van der Waals surface area (Å²) < 4.78 is 16.9. The Hall–Kier alpha value is -2.38. The fraction of sp³-hybridized carbons (Fsp3) is 0.545. The van der Waals surface area contributed by atoms with Crippen LogP contribution >= 0.6 is 0 Å². The SMILES string of the molecule is COc1ccccc1Cc1cnc([C@H]2CCCCN2C(=O)CN2CCOCC2)o1. The van der Waals surface area contributed by atoms with Gasteiger partial charge in [-0.3, -0.25) is 9.69 Å². The van der Waals surface area contributed by atoms with Crippen LogP contribution in [0.2, 0.25) is 0 Å². The molecule has 3 heterocycles. The number of nitrogens with zero attached hydrogens (tertiary/aromatic N) is 3. The van der Waals surface area contributed by atoms with Crippen LogP contribution in [0.4, 0.5) is 0 Å². The van der Waals surface area contributed by atoms with Crippen LogP contribution in [0.1, 0.15) is 42.5 Å². The van der Waals surface area contributed by atoms with E-state index in [2.05, 4.69) is 9.88 Å². The van der Waals surface area contributed by atoms with Crippen molar-refractivity contribution >= 4 is 5.91 Å². The highest BCUT2D eigenvalue weighted by Gasteiger charge is 2.32. The first-order valence-electron chi connectivity index (χ1n) is 10.4. The molecule has 1 amide bonds. The second-order valence-electron chi connectivity index (χ2n) is 7.64. The molecule has 1 atom stereocenters. The van der Waals surface area contributed by atoms with Crippen molar-refractivity contribution in [2.24, 2.45) is 0 Å². The van der Waals surface area contributed by atoms with E-state index in [9.17, 15) is 4.79 Å². The van der Waals surface area contributed by atoms with Gasteiger partial charge in [0.2, 0.25) is 11.8 Å². The zero-order chi connectivity index (χ0) is 20.1. The maximum atomic E-state index is 13.0. The van der Waals surface area contributed by atoms with E-state index < -0.39 is 0 Å². The molecule has 29 heavy (non-hydrogen) atoms. The Morgan fingerprint density at radius 1 is 1.21 bits per heavy atom. The summed E-state index contributed by atoms with van der Waals surface area (Å²) in [6.07, 6.45) is 5.40. The Morgan fingerprint density at radius 2 is 2.03 bits per heavy atom. The van der Waals surface area contributed by atoms with Crippen molar-refractivity contribution < 1.29 is 18.7 Å². The summed E-state index contributed by atoms with van der Waals surface area (Å²) in [5.41, 5.74) is 1.06. The first-order chi connectivity index (χ1) is 14.2. The second kappa shape index (κ2) is 9.41. The van der Waals surface area contributed by atoms with Gasteiger partial charge in [-0.2, -0.15) is 0 Å². The molecule has 0 spiro atoms. The molecule has 156 valence electrons. The molecule has 0 saturated carbocycles. The lowest BCUT2D eigenvalue weighted by Gasteiger charge is -2.36. The average Bonchev–Trinajstić information content (AvgIpc) is 3.23. The second-order valence-corrected chi connectivity index (χ2v) is 7.64. The highest BCUT2D eigenvalue weighted by molar-refractivity contribution is 5.78. The number of methoxy groups -OCH3 is 1. The van der Waals surface area contributed by atoms with Gasteiger partial charge in [-0.05, 0) is 25.3 Å². The third-order valence-electron chi connectivity index (χ3n) is 5.70. The molecule has 2 aliphatic rings. The van der Waals surface area contributed by atoms with Crippen LogP contribution in [0.15, 0.2) is 34.9 Å². The normalized spacial score (nSPS) is 20.6. The smallest absolute Gasteiger partial charge is 0.237 e. The van der Waals surface area contributed by atoms with Crippen LogP contribution in [-0.2, 0) is 16.0 Å². The number of hydrogen-bond donors (Lipinski definition) is 0.